The summed E-state index contributed by atoms with van der Waals surface area (Å²) in [6.07, 6.45) is 1.93. The van der Waals surface area contributed by atoms with E-state index in [0.29, 0.717) is 11.5 Å². The van der Waals surface area contributed by atoms with Crippen LogP contribution in [0.5, 0.6) is 11.5 Å². The Kier molecular flexibility index (Phi) is 3.84. The molecular weight excluding hydrogens is 364 g/mol. The monoisotopic (exact) mass is 384 g/mol. The smallest absolute Gasteiger partial charge is 0.244 e. The summed E-state index contributed by atoms with van der Waals surface area (Å²) in [4.78, 5) is 17.0. The van der Waals surface area contributed by atoms with Gasteiger partial charge in [0.25, 0.3) is 0 Å². The Morgan fingerprint density at radius 3 is 2.41 bits per heavy atom. The number of H-pyrrole nitrogens is 1. The first-order valence-electron chi connectivity index (χ1n) is 9.40. The first kappa shape index (κ1) is 17.4. The van der Waals surface area contributed by atoms with Crippen molar-refractivity contribution in [2.75, 3.05) is 19.5 Å². The molecule has 0 fully saturated rings. The Morgan fingerprint density at radius 1 is 0.828 bits per heavy atom. The second kappa shape index (κ2) is 6.41. The zero-order valence-electron chi connectivity index (χ0n) is 16.2. The molecule has 29 heavy (non-hydrogen) atoms. The molecule has 0 spiro atoms. The van der Waals surface area contributed by atoms with E-state index in [-0.39, 0.29) is 5.91 Å². The molecule has 3 aromatic carbocycles. The number of fused-ring (bicyclic) bond motifs is 2. The Bertz CT molecular complexity index is 1240. The number of carbonyl (C=O) groups excluding carboxylic acids is 1. The number of nitrogens with one attached hydrogen (secondary N) is 2. The minimum atomic E-state index is -1.00. The molecule has 0 aliphatic carbocycles. The third-order valence-electron chi connectivity index (χ3n) is 5.73. The number of hydrogen-bond acceptors (Lipinski definition) is 3. The van der Waals surface area contributed by atoms with E-state index in [1.165, 1.54) is 0 Å². The molecule has 2 N–H and O–H groups in total. The molecule has 144 valence electrons. The second-order valence-corrected chi connectivity index (χ2v) is 7.07. The van der Waals surface area contributed by atoms with Crippen LogP contribution in [0.1, 0.15) is 16.7 Å². The Morgan fingerprint density at radius 2 is 1.59 bits per heavy atom. The Hall–Kier alpha value is -3.73. The normalized spacial score (nSPS) is 17.8. The SMILES string of the molecule is COc1ccc(C2(c3c[nH]c4ccccc34)C(=O)Nc3ccccc32)cc1OC. The van der Waals surface area contributed by atoms with Crippen molar-refractivity contribution in [1.29, 1.82) is 0 Å². The van der Waals surface area contributed by atoms with E-state index >= 15 is 0 Å². The summed E-state index contributed by atoms with van der Waals surface area (Å²) in [5.74, 6) is 1.12. The quantitative estimate of drug-likeness (QED) is 0.546. The van der Waals surface area contributed by atoms with E-state index in [4.69, 9.17) is 9.47 Å². The van der Waals surface area contributed by atoms with Gasteiger partial charge in [0.15, 0.2) is 11.5 Å². The van der Waals surface area contributed by atoms with Gasteiger partial charge in [-0.2, -0.15) is 0 Å². The molecule has 0 bridgehead atoms. The summed E-state index contributed by atoms with van der Waals surface area (Å²) < 4.78 is 11.0. The second-order valence-electron chi connectivity index (χ2n) is 7.07. The van der Waals surface area contributed by atoms with Crippen molar-refractivity contribution in [3.05, 3.63) is 89.6 Å². The Balaban J connectivity index is 1.89. The van der Waals surface area contributed by atoms with Crippen molar-refractivity contribution in [2.45, 2.75) is 5.41 Å². The van der Waals surface area contributed by atoms with Crippen molar-refractivity contribution >= 4 is 22.5 Å². The van der Waals surface area contributed by atoms with Crippen molar-refractivity contribution in [2.24, 2.45) is 0 Å². The predicted molar refractivity (Wildman–Crippen MR) is 113 cm³/mol. The molecule has 5 rings (SSSR count). The minimum absolute atomic E-state index is 0.0873. The number of aromatic amines is 1. The lowest BCUT2D eigenvalue weighted by molar-refractivity contribution is -0.118. The number of ether oxygens (including phenoxy) is 2. The lowest BCUT2D eigenvalue weighted by atomic mass is 9.70. The molecule has 0 saturated carbocycles. The maximum absolute atomic E-state index is 13.7. The van der Waals surface area contributed by atoms with Gasteiger partial charge in [-0.05, 0) is 29.8 Å². The topological polar surface area (TPSA) is 63.4 Å². The fourth-order valence-corrected chi connectivity index (χ4v) is 4.42. The van der Waals surface area contributed by atoms with E-state index in [1.54, 1.807) is 14.2 Å². The molecule has 2 heterocycles. The lowest BCUT2D eigenvalue weighted by Gasteiger charge is -2.29. The van der Waals surface area contributed by atoms with Gasteiger partial charge in [0.2, 0.25) is 5.91 Å². The average Bonchev–Trinajstić information content (AvgIpc) is 3.32. The van der Waals surface area contributed by atoms with Crippen LogP contribution in [-0.4, -0.2) is 25.1 Å². The summed E-state index contributed by atoms with van der Waals surface area (Å²) in [7, 11) is 3.20. The third kappa shape index (κ3) is 2.30. The van der Waals surface area contributed by atoms with Gasteiger partial charge in [0.1, 0.15) is 5.41 Å². The van der Waals surface area contributed by atoms with Gasteiger partial charge < -0.3 is 19.8 Å². The van der Waals surface area contributed by atoms with Crippen LogP contribution in [0.15, 0.2) is 72.9 Å². The van der Waals surface area contributed by atoms with Crippen molar-refractivity contribution < 1.29 is 14.3 Å². The highest BCUT2D eigenvalue weighted by atomic mass is 16.5. The zero-order chi connectivity index (χ0) is 20.0. The maximum atomic E-state index is 13.7. The zero-order valence-corrected chi connectivity index (χ0v) is 16.2. The molecule has 5 heteroatoms. The highest BCUT2D eigenvalue weighted by Crippen LogP contribution is 2.50. The lowest BCUT2D eigenvalue weighted by Crippen LogP contribution is -2.36. The molecular formula is C24H20N2O3. The number of rotatable bonds is 4. The standard InChI is InChI=1S/C24H20N2O3/c1-28-21-12-11-15(13-22(21)29-2)24(17-8-4-6-10-20(17)26-23(24)27)18-14-25-19-9-5-3-7-16(18)19/h3-14,25H,1-2H3,(H,26,27). The summed E-state index contributed by atoms with van der Waals surface area (Å²) in [6, 6.07) is 21.5. The van der Waals surface area contributed by atoms with E-state index in [9.17, 15) is 4.79 Å². The molecule has 1 aromatic heterocycles. The number of benzene rings is 3. The molecule has 1 atom stereocenters. The number of carbonyl (C=O) groups is 1. The maximum Gasteiger partial charge on any atom is 0.244 e. The van der Waals surface area contributed by atoms with Gasteiger partial charge in [0.05, 0.1) is 14.2 Å². The van der Waals surface area contributed by atoms with Crippen LogP contribution in [-0.2, 0) is 10.2 Å². The van der Waals surface area contributed by atoms with E-state index in [1.807, 2.05) is 72.9 Å². The van der Waals surface area contributed by atoms with E-state index in [0.717, 1.165) is 33.3 Å². The van der Waals surface area contributed by atoms with Gasteiger partial charge in [-0.3, -0.25) is 4.79 Å². The first-order valence-corrected chi connectivity index (χ1v) is 9.40. The highest BCUT2D eigenvalue weighted by Gasteiger charge is 2.51. The van der Waals surface area contributed by atoms with Crippen molar-refractivity contribution in [1.82, 2.24) is 4.98 Å². The van der Waals surface area contributed by atoms with Crippen LogP contribution in [0.25, 0.3) is 10.9 Å². The molecule has 0 saturated heterocycles. The molecule has 1 unspecified atom stereocenters. The van der Waals surface area contributed by atoms with E-state index < -0.39 is 5.41 Å². The van der Waals surface area contributed by atoms with Crippen LogP contribution in [0.2, 0.25) is 0 Å². The summed E-state index contributed by atoms with van der Waals surface area (Å²) in [5.41, 5.74) is 3.44. The number of amides is 1. The van der Waals surface area contributed by atoms with Crippen LogP contribution in [0.4, 0.5) is 5.69 Å². The number of methoxy groups -OCH3 is 2. The van der Waals surface area contributed by atoms with Gasteiger partial charge >= 0.3 is 0 Å². The van der Waals surface area contributed by atoms with E-state index in [2.05, 4.69) is 10.3 Å². The largest absolute Gasteiger partial charge is 0.493 e. The summed E-state index contributed by atoms with van der Waals surface area (Å²) in [5, 5.41) is 4.09. The number of para-hydroxylation sites is 2. The molecule has 5 nitrogen and oxygen atoms in total. The summed E-state index contributed by atoms with van der Waals surface area (Å²) in [6.45, 7) is 0. The van der Waals surface area contributed by atoms with Crippen LogP contribution in [0, 0.1) is 0 Å². The summed E-state index contributed by atoms with van der Waals surface area (Å²) >= 11 is 0. The highest BCUT2D eigenvalue weighted by molar-refractivity contribution is 6.13. The van der Waals surface area contributed by atoms with Gasteiger partial charge in [0, 0.05) is 33.9 Å². The fourth-order valence-electron chi connectivity index (χ4n) is 4.42. The minimum Gasteiger partial charge on any atom is -0.493 e. The van der Waals surface area contributed by atoms with Crippen LogP contribution < -0.4 is 14.8 Å². The number of anilines is 1. The average molecular weight is 384 g/mol. The number of aromatic nitrogens is 1. The fraction of sp³-hybridized carbons (Fsp3) is 0.125. The molecule has 1 aliphatic heterocycles. The molecule has 1 aliphatic rings. The van der Waals surface area contributed by atoms with Gasteiger partial charge in [-0.1, -0.05) is 42.5 Å². The molecule has 1 amide bonds. The van der Waals surface area contributed by atoms with Gasteiger partial charge in [-0.15, -0.1) is 0 Å². The first-order chi connectivity index (χ1) is 14.2. The van der Waals surface area contributed by atoms with Crippen molar-refractivity contribution in [3.63, 3.8) is 0 Å². The van der Waals surface area contributed by atoms with Crippen molar-refractivity contribution in [3.8, 4) is 11.5 Å². The number of hydrogen-bond donors (Lipinski definition) is 2. The third-order valence-corrected chi connectivity index (χ3v) is 5.73. The van der Waals surface area contributed by atoms with Gasteiger partial charge in [-0.25, -0.2) is 0 Å². The molecule has 0 radical (unpaired) electrons. The Labute approximate surface area is 168 Å². The molecule has 4 aromatic rings. The van der Waals surface area contributed by atoms with Crippen LogP contribution in [0.3, 0.4) is 0 Å². The predicted octanol–water partition coefficient (Wildman–Crippen LogP) is 4.47. The van der Waals surface area contributed by atoms with Crippen LogP contribution >= 0.6 is 0 Å².